The SMILES string of the molecule is COc1ccnc2c1C(C1CCN(c3cc(C(=O)C[C@H](C)CO)nc(OC[C@H]4CCCO4)n3)CC1)=CC2. The molecule has 37 heavy (non-hydrogen) atoms. The molecule has 2 fully saturated rings. The second-order valence-electron chi connectivity index (χ2n) is 10.2. The Labute approximate surface area is 217 Å². The van der Waals surface area contributed by atoms with Gasteiger partial charge in [0.1, 0.15) is 23.9 Å². The summed E-state index contributed by atoms with van der Waals surface area (Å²) < 4.78 is 17.2. The quantitative estimate of drug-likeness (QED) is 0.483. The number of methoxy groups -OCH3 is 1. The van der Waals surface area contributed by atoms with Crippen LogP contribution in [0.15, 0.2) is 24.4 Å². The van der Waals surface area contributed by atoms with Gasteiger partial charge in [0.15, 0.2) is 5.78 Å². The van der Waals surface area contributed by atoms with Gasteiger partial charge in [-0.3, -0.25) is 9.78 Å². The van der Waals surface area contributed by atoms with E-state index < -0.39 is 0 Å². The van der Waals surface area contributed by atoms with Crippen LogP contribution in [0.25, 0.3) is 5.57 Å². The number of ether oxygens (including phenoxy) is 3. The molecule has 9 heteroatoms. The van der Waals surface area contributed by atoms with Crippen molar-refractivity contribution in [3.05, 3.63) is 41.4 Å². The molecule has 9 nitrogen and oxygen atoms in total. The standard InChI is InChI=1S/C28H36N4O5/c1-18(16-33)14-24(34)23-15-26(31-28(30-23)37-17-20-4-3-13-36-20)32-11-8-19(9-12-32)21-5-6-22-27(21)25(35-2)7-10-29-22/h5,7,10,15,18-20,33H,3-4,6,8-9,11-14,16-17H2,1-2H3/t18-,20+/m0/s1. The van der Waals surface area contributed by atoms with E-state index >= 15 is 0 Å². The van der Waals surface area contributed by atoms with Gasteiger partial charge in [0, 0.05) is 57.0 Å². The zero-order chi connectivity index (χ0) is 25.8. The number of carbonyl (C=O) groups excluding carboxylic acids is 1. The predicted octanol–water partition coefficient (Wildman–Crippen LogP) is 3.50. The smallest absolute Gasteiger partial charge is 0.319 e. The summed E-state index contributed by atoms with van der Waals surface area (Å²) in [5, 5.41) is 9.41. The van der Waals surface area contributed by atoms with Crippen LogP contribution in [0, 0.1) is 11.8 Å². The molecule has 0 radical (unpaired) electrons. The van der Waals surface area contributed by atoms with Crippen LogP contribution in [-0.2, 0) is 11.2 Å². The van der Waals surface area contributed by atoms with E-state index in [0.717, 1.165) is 68.8 Å². The van der Waals surface area contributed by atoms with Crippen LogP contribution >= 0.6 is 0 Å². The molecule has 0 unspecified atom stereocenters. The molecule has 2 saturated heterocycles. The first-order valence-electron chi connectivity index (χ1n) is 13.3. The minimum absolute atomic E-state index is 0.0330. The molecule has 0 saturated carbocycles. The van der Waals surface area contributed by atoms with Crippen LogP contribution in [0.2, 0.25) is 0 Å². The largest absolute Gasteiger partial charge is 0.496 e. The van der Waals surface area contributed by atoms with Crippen molar-refractivity contribution in [1.29, 1.82) is 0 Å². The van der Waals surface area contributed by atoms with Crippen molar-refractivity contribution in [3.8, 4) is 11.8 Å². The number of nitrogens with zero attached hydrogens (tertiary/aromatic N) is 4. The molecular formula is C28H36N4O5. The number of carbonyl (C=O) groups is 1. The maximum Gasteiger partial charge on any atom is 0.319 e. The number of anilines is 1. The zero-order valence-corrected chi connectivity index (χ0v) is 21.7. The molecule has 1 aliphatic carbocycles. The average Bonchev–Trinajstić information content (AvgIpc) is 3.62. The lowest BCUT2D eigenvalue weighted by Crippen LogP contribution is -2.35. The van der Waals surface area contributed by atoms with E-state index in [2.05, 4.69) is 25.9 Å². The topological polar surface area (TPSA) is 107 Å². The van der Waals surface area contributed by atoms with E-state index in [1.165, 1.54) is 5.57 Å². The Bertz CT molecular complexity index is 1140. The van der Waals surface area contributed by atoms with Gasteiger partial charge in [-0.1, -0.05) is 13.0 Å². The number of allylic oxidation sites excluding steroid dienone is 2. The molecule has 2 aromatic rings. The van der Waals surface area contributed by atoms with Gasteiger partial charge in [0.25, 0.3) is 0 Å². The highest BCUT2D eigenvalue weighted by molar-refractivity contribution is 5.95. The number of aliphatic hydroxyl groups excluding tert-OH is 1. The van der Waals surface area contributed by atoms with E-state index in [1.807, 2.05) is 19.2 Å². The number of rotatable bonds is 10. The molecule has 2 atom stereocenters. The van der Waals surface area contributed by atoms with Crippen molar-refractivity contribution in [2.24, 2.45) is 11.8 Å². The maximum absolute atomic E-state index is 12.9. The summed E-state index contributed by atoms with van der Waals surface area (Å²) in [5.41, 5.74) is 3.90. The molecule has 2 aromatic heterocycles. The van der Waals surface area contributed by atoms with Crippen LogP contribution in [0.5, 0.6) is 11.8 Å². The minimum atomic E-state index is -0.132. The summed E-state index contributed by atoms with van der Waals surface area (Å²) in [4.78, 5) is 28.8. The maximum atomic E-state index is 12.9. The van der Waals surface area contributed by atoms with Crippen LogP contribution in [0.1, 0.15) is 60.8 Å². The summed E-state index contributed by atoms with van der Waals surface area (Å²) in [6, 6.07) is 3.91. The highest BCUT2D eigenvalue weighted by Crippen LogP contribution is 2.42. The second-order valence-corrected chi connectivity index (χ2v) is 10.2. The number of aromatic nitrogens is 3. The van der Waals surface area contributed by atoms with E-state index in [4.69, 9.17) is 14.2 Å². The average molecular weight is 509 g/mol. The number of hydrogen-bond donors (Lipinski definition) is 1. The van der Waals surface area contributed by atoms with Crippen molar-refractivity contribution in [1.82, 2.24) is 15.0 Å². The number of fused-ring (bicyclic) bond motifs is 1. The van der Waals surface area contributed by atoms with E-state index in [-0.39, 0.29) is 36.8 Å². The fraction of sp³-hybridized carbons (Fsp3) is 0.571. The summed E-state index contributed by atoms with van der Waals surface area (Å²) >= 11 is 0. The molecule has 3 aliphatic rings. The van der Waals surface area contributed by atoms with Gasteiger partial charge in [0.2, 0.25) is 0 Å². The fourth-order valence-corrected chi connectivity index (χ4v) is 5.43. The molecule has 2 aliphatic heterocycles. The minimum Gasteiger partial charge on any atom is -0.496 e. The van der Waals surface area contributed by atoms with Gasteiger partial charge in [-0.25, -0.2) is 0 Å². The van der Waals surface area contributed by atoms with Crippen LogP contribution in [0.3, 0.4) is 0 Å². The Morgan fingerprint density at radius 1 is 1.27 bits per heavy atom. The number of ketones is 1. The first-order valence-corrected chi connectivity index (χ1v) is 13.3. The highest BCUT2D eigenvalue weighted by Gasteiger charge is 2.30. The van der Waals surface area contributed by atoms with Crippen molar-refractivity contribution in [3.63, 3.8) is 0 Å². The Morgan fingerprint density at radius 2 is 2.11 bits per heavy atom. The number of hydrogen-bond acceptors (Lipinski definition) is 9. The molecule has 5 rings (SSSR count). The van der Waals surface area contributed by atoms with Gasteiger partial charge in [-0.2, -0.15) is 9.97 Å². The Kier molecular flexibility index (Phi) is 8.00. The molecule has 0 amide bonds. The first kappa shape index (κ1) is 25.6. The molecule has 4 heterocycles. The van der Waals surface area contributed by atoms with Gasteiger partial charge < -0.3 is 24.2 Å². The number of Topliss-reactive ketones (excluding diaryl/α,β-unsaturated/α-hetero) is 1. The summed E-state index contributed by atoms with van der Waals surface area (Å²) in [6.45, 7) is 4.54. The highest BCUT2D eigenvalue weighted by atomic mass is 16.5. The first-order chi connectivity index (χ1) is 18.1. The van der Waals surface area contributed by atoms with Crippen LogP contribution in [-0.4, -0.2) is 72.0 Å². The fourth-order valence-electron chi connectivity index (χ4n) is 5.43. The molecular weight excluding hydrogens is 472 g/mol. The lowest BCUT2D eigenvalue weighted by Gasteiger charge is -2.34. The summed E-state index contributed by atoms with van der Waals surface area (Å²) in [6.07, 6.45) is 9.11. The Balaban J connectivity index is 1.31. The van der Waals surface area contributed by atoms with E-state index in [9.17, 15) is 9.90 Å². The molecule has 198 valence electrons. The molecule has 0 aromatic carbocycles. The summed E-state index contributed by atoms with van der Waals surface area (Å²) in [5.74, 6) is 1.76. The van der Waals surface area contributed by atoms with Gasteiger partial charge >= 0.3 is 6.01 Å². The van der Waals surface area contributed by atoms with Crippen LogP contribution in [0.4, 0.5) is 5.82 Å². The molecule has 0 bridgehead atoms. The van der Waals surface area contributed by atoms with Crippen molar-refractivity contribution >= 4 is 17.2 Å². The monoisotopic (exact) mass is 508 g/mol. The van der Waals surface area contributed by atoms with Crippen molar-refractivity contribution < 1.29 is 24.1 Å². The Morgan fingerprint density at radius 3 is 2.84 bits per heavy atom. The van der Waals surface area contributed by atoms with Gasteiger partial charge in [-0.15, -0.1) is 0 Å². The van der Waals surface area contributed by atoms with E-state index in [0.29, 0.717) is 24.0 Å². The Hall–Kier alpha value is -3.04. The van der Waals surface area contributed by atoms with Gasteiger partial charge in [0.05, 0.1) is 18.9 Å². The lowest BCUT2D eigenvalue weighted by molar-refractivity contribution is 0.0643. The predicted molar refractivity (Wildman–Crippen MR) is 139 cm³/mol. The third kappa shape index (κ3) is 5.78. The van der Waals surface area contributed by atoms with Crippen LogP contribution < -0.4 is 14.4 Å². The lowest BCUT2D eigenvalue weighted by atomic mass is 9.86. The third-order valence-corrected chi connectivity index (χ3v) is 7.52. The molecule has 0 spiro atoms. The normalized spacial score (nSPS) is 20.5. The van der Waals surface area contributed by atoms with Crippen molar-refractivity contribution in [2.45, 2.75) is 51.6 Å². The van der Waals surface area contributed by atoms with Crippen molar-refractivity contribution in [2.75, 3.05) is 44.9 Å². The number of piperidine rings is 1. The molecule has 1 N–H and O–H groups in total. The number of aliphatic hydroxyl groups is 1. The van der Waals surface area contributed by atoms with E-state index in [1.54, 1.807) is 13.2 Å². The zero-order valence-electron chi connectivity index (χ0n) is 21.7. The summed E-state index contributed by atoms with van der Waals surface area (Å²) in [7, 11) is 1.71. The van der Waals surface area contributed by atoms with Gasteiger partial charge in [-0.05, 0) is 49.2 Å². The number of pyridine rings is 1. The second kappa shape index (κ2) is 11.6. The third-order valence-electron chi connectivity index (χ3n) is 7.52.